The van der Waals surface area contributed by atoms with Gasteiger partial charge in [0.1, 0.15) is 0 Å². The van der Waals surface area contributed by atoms with Crippen LogP contribution in [0.5, 0.6) is 0 Å². The lowest BCUT2D eigenvalue weighted by Crippen LogP contribution is -2.63. The Balaban J connectivity index is 1.56. The van der Waals surface area contributed by atoms with Crippen molar-refractivity contribution in [2.24, 2.45) is 11.8 Å². The van der Waals surface area contributed by atoms with Crippen LogP contribution in [0.15, 0.2) is 0 Å². The summed E-state index contributed by atoms with van der Waals surface area (Å²) in [5, 5.41) is 3.84. The average Bonchev–Trinajstić information content (AvgIpc) is 3.15. The zero-order valence-corrected chi connectivity index (χ0v) is 13.9. The third-order valence-corrected chi connectivity index (χ3v) is 5.97. The van der Waals surface area contributed by atoms with Crippen molar-refractivity contribution in [2.75, 3.05) is 32.7 Å². The number of nitrogens with one attached hydrogen (secondary N) is 1. The lowest BCUT2D eigenvalue weighted by Gasteiger charge is -2.46. The second-order valence-electron chi connectivity index (χ2n) is 8.09. The van der Waals surface area contributed by atoms with Crippen molar-refractivity contribution in [3.8, 4) is 0 Å². The van der Waals surface area contributed by atoms with Gasteiger partial charge in [-0.1, -0.05) is 0 Å². The number of hydrogen-bond acceptors (Lipinski definition) is 3. The number of piperazine rings is 1. The molecule has 116 valence electrons. The molecule has 3 unspecified atom stereocenters. The highest BCUT2D eigenvalue weighted by Gasteiger charge is 2.45. The van der Waals surface area contributed by atoms with Gasteiger partial charge in [-0.25, -0.2) is 0 Å². The first-order chi connectivity index (χ1) is 9.48. The standard InChI is InChI=1S/C17H33N3/c1-13(2)19-8-7-15(10-19)11-20-12-17(4,16-5-6-16)18-9-14(20)3/h13-16,18H,5-12H2,1-4H3. The fourth-order valence-corrected chi connectivity index (χ4v) is 4.19. The van der Waals surface area contributed by atoms with E-state index in [-0.39, 0.29) is 0 Å². The highest BCUT2D eigenvalue weighted by Crippen LogP contribution is 2.41. The summed E-state index contributed by atoms with van der Waals surface area (Å²) in [6.45, 7) is 15.9. The van der Waals surface area contributed by atoms with Crippen LogP contribution in [0.1, 0.15) is 47.0 Å². The van der Waals surface area contributed by atoms with E-state index in [1.165, 1.54) is 52.0 Å². The van der Waals surface area contributed by atoms with Crippen LogP contribution in [0.2, 0.25) is 0 Å². The second kappa shape index (κ2) is 5.58. The van der Waals surface area contributed by atoms with Crippen LogP contribution in [0.3, 0.4) is 0 Å². The highest BCUT2D eigenvalue weighted by molar-refractivity contribution is 5.03. The maximum atomic E-state index is 3.84. The maximum Gasteiger partial charge on any atom is 0.0309 e. The Morgan fingerprint density at radius 3 is 2.60 bits per heavy atom. The molecule has 1 aliphatic carbocycles. The third kappa shape index (κ3) is 3.05. The molecule has 0 bridgehead atoms. The summed E-state index contributed by atoms with van der Waals surface area (Å²) in [5.74, 6) is 1.83. The SMILES string of the molecule is CC(C)N1CCC(CN2CC(C)(C3CC3)NCC2C)C1. The predicted octanol–water partition coefficient (Wildman–Crippen LogP) is 2.18. The van der Waals surface area contributed by atoms with Gasteiger partial charge in [-0.3, -0.25) is 4.90 Å². The van der Waals surface area contributed by atoms with Gasteiger partial charge in [0.05, 0.1) is 0 Å². The van der Waals surface area contributed by atoms with Gasteiger partial charge in [0.2, 0.25) is 0 Å². The number of rotatable bonds is 4. The largest absolute Gasteiger partial charge is 0.308 e. The Morgan fingerprint density at radius 2 is 2.00 bits per heavy atom. The minimum atomic E-state index is 0.392. The molecule has 0 radical (unpaired) electrons. The lowest BCUT2D eigenvalue weighted by molar-refractivity contribution is 0.0694. The van der Waals surface area contributed by atoms with E-state index in [4.69, 9.17) is 0 Å². The monoisotopic (exact) mass is 279 g/mol. The molecule has 20 heavy (non-hydrogen) atoms. The molecule has 1 N–H and O–H groups in total. The zero-order chi connectivity index (χ0) is 14.3. The van der Waals surface area contributed by atoms with Gasteiger partial charge in [0.15, 0.2) is 0 Å². The summed E-state index contributed by atoms with van der Waals surface area (Å²) in [6.07, 6.45) is 4.28. The molecule has 2 aliphatic heterocycles. The fraction of sp³-hybridized carbons (Fsp3) is 1.00. The van der Waals surface area contributed by atoms with E-state index in [1.54, 1.807) is 0 Å². The Kier molecular flexibility index (Phi) is 4.13. The van der Waals surface area contributed by atoms with E-state index in [0.717, 1.165) is 17.9 Å². The van der Waals surface area contributed by atoms with E-state index < -0.39 is 0 Å². The number of likely N-dealkylation sites (tertiary alicyclic amines) is 1. The van der Waals surface area contributed by atoms with Crippen LogP contribution >= 0.6 is 0 Å². The summed E-state index contributed by atoms with van der Waals surface area (Å²) in [4.78, 5) is 5.43. The van der Waals surface area contributed by atoms with Gasteiger partial charge in [0.25, 0.3) is 0 Å². The molecule has 0 aromatic carbocycles. The van der Waals surface area contributed by atoms with Crippen molar-refractivity contribution in [3.05, 3.63) is 0 Å². The summed E-state index contributed by atoms with van der Waals surface area (Å²) in [7, 11) is 0. The molecule has 3 rings (SSSR count). The Bertz CT molecular complexity index is 339. The first kappa shape index (κ1) is 14.8. The molecule has 0 aromatic heterocycles. The van der Waals surface area contributed by atoms with Crippen LogP contribution < -0.4 is 5.32 Å². The highest BCUT2D eigenvalue weighted by atomic mass is 15.3. The maximum absolute atomic E-state index is 3.84. The molecular formula is C17H33N3. The molecule has 3 atom stereocenters. The van der Waals surface area contributed by atoms with Gasteiger partial charge in [-0.05, 0) is 65.3 Å². The van der Waals surface area contributed by atoms with Crippen LogP contribution in [0.4, 0.5) is 0 Å². The van der Waals surface area contributed by atoms with E-state index >= 15 is 0 Å². The van der Waals surface area contributed by atoms with Crippen molar-refractivity contribution in [2.45, 2.75) is 64.6 Å². The summed E-state index contributed by atoms with van der Waals surface area (Å²) >= 11 is 0. The third-order valence-electron chi connectivity index (χ3n) is 5.97. The smallest absolute Gasteiger partial charge is 0.0309 e. The Hall–Kier alpha value is -0.120. The molecule has 3 fully saturated rings. The summed E-state index contributed by atoms with van der Waals surface area (Å²) in [5.41, 5.74) is 0.392. The van der Waals surface area contributed by atoms with E-state index in [2.05, 4.69) is 42.8 Å². The van der Waals surface area contributed by atoms with Crippen LogP contribution in [0, 0.1) is 11.8 Å². The second-order valence-corrected chi connectivity index (χ2v) is 8.09. The van der Waals surface area contributed by atoms with Gasteiger partial charge in [-0.15, -0.1) is 0 Å². The van der Waals surface area contributed by atoms with Gasteiger partial charge < -0.3 is 10.2 Å². The van der Waals surface area contributed by atoms with E-state index in [0.29, 0.717) is 11.6 Å². The average molecular weight is 279 g/mol. The van der Waals surface area contributed by atoms with Crippen LogP contribution in [-0.2, 0) is 0 Å². The molecule has 0 amide bonds. The van der Waals surface area contributed by atoms with Gasteiger partial charge in [-0.2, -0.15) is 0 Å². The molecule has 2 heterocycles. The fourth-order valence-electron chi connectivity index (χ4n) is 4.19. The minimum absolute atomic E-state index is 0.392. The van der Waals surface area contributed by atoms with Crippen LogP contribution in [-0.4, -0.2) is 60.1 Å². The van der Waals surface area contributed by atoms with Crippen molar-refractivity contribution in [1.29, 1.82) is 0 Å². The topological polar surface area (TPSA) is 18.5 Å². The summed E-state index contributed by atoms with van der Waals surface area (Å²) in [6, 6.07) is 1.42. The van der Waals surface area contributed by atoms with Crippen molar-refractivity contribution in [1.82, 2.24) is 15.1 Å². The Labute approximate surface area is 125 Å². The molecule has 0 spiro atoms. The van der Waals surface area contributed by atoms with E-state index in [9.17, 15) is 0 Å². The number of nitrogens with zero attached hydrogens (tertiary/aromatic N) is 2. The van der Waals surface area contributed by atoms with Crippen molar-refractivity contribution >= 4 is 0 Å². The normalized spacial score (nSPS) is 40.6. The molecule has 3 heteroatoms. The van der Waals surface area contributed by atoms with Crippen LogP contribution in [0.25, 0.3) is 0 Å². The molecule has 2 saturated heterocycles. The quantitative estimate of drug-likeness (QED) is 0.851. The van der Waals surface area contributed by atoms with Crippen molar-refractivity contribution < 1.29 is 0 Å². The first-order valence-electron chi connectivity index (χ1n) is 8.71. The first-order valence-corrected chi connectivity index (χ1v) is 8.71. The van der Waals surface area contributed by atoms with E-state index in [1.807, 2.05) is 0 Å². The Morgan fingerprint density at radius 1 is 1.25 bits per heavy atom. The predicted molar refractivity (Wildman–Crippen MR) is 85.0 cm³/mol. The molecule has 3 aliphatic rings. The molecule has 0 aromatic rings. The number of hydrogen-bond donors (Lipinski definition) is 1. The molecular weight excluding hydrogens is 246 g/mol. The van der Waals surface area contributed by atoms with Gasteiger partial charge in [0, 0.05) is 43.8 Å². The van der Waals surface area contributed by atoms with Crippen molar-refractivity contribution in [3.63, 3.8) is 0 Å². The summed E-state index contributed by atoms with van der Waals surface area (Å²) < 4.78 is 0. The molecule has 1 saturated carbocycles. The van der Waals surface area contributed by atoms with Gasteiger partial charge >= 0.3 is 0 Å². The lowest BCUT2D eigenvalue weighted by atomic mass is 9.90. The molecule has 3 nitrogen and oxygen atoms in total. The zero-order valence-electron chi connectivity index (χ0n) is 13.9. The minimum Gasteiger partial charge on any atom is -0.308 e.